The first-order valence-corrected chi connectivity index (χ1v) is 7.48. The van der Waals surface area contributed by atoms with Crippen molar-refractivity contribution in [1.82, 2.24) is 19.8 Å². The van der Waals surface area contributed by atoms with Crippen LogP contribution in [0.3, 0.4) is 0 Å². The second-order valence-electron chi connectivity index (χ2n) is 5.44. The van der Waals surface area contributed by atoms with Gasteiger partial charge in [-0.25, -0.2) is 0 Å². The number of nitrogens with zero attached hydrogens (tertiary/aromatic N) is 5. The summed E-state index contributed by atoms with van der Waals surface area (Å²) in [6, 6.07) is 11.0. The minimum Gasteiger partial charge on any atom is -0.438 e. The highest BCUT2D eigenvalue weighted by Crippen LogP contribution is 2.27. The first kappa shape index (κ1) is 13.7. The average Bonchev–Trinajstić information content (AvgIpc) is 3.14. The summed E-state index contributed by atoms with van der Waals surface area (Å²) >= 11 is 0. The maximum atomic E-state index is 11.9. The molecule has 3 heterocycles. The summed E-state index contributed by atoms with van der Waals surface area (Å²) in [5.41, 5.74) is 1.53. The van der Waals surface area contributed by atoms with Crippen LogP contribution in [-0.4, -0.2) is 32.3 Å². The molecule has 1 saturated heterocycles. The Labute approximate surface area is 132 Å². The van der Waals surface area contributed by atoms with Crippen LogP contribution in [-0.2, 0) is 4.79 Å². The molecule has 1 amide bonds. The summed E-state index contributed by atoms with van der Waals surface area (Å²) in [7, 11) is 0. The Hall–Kier alpha value is -2.96. The third-order valence-electron chi connectivity index (χ3n) is 3.82. The molecule has 2 aromatic heterocycles. The lowest BCUT2D eigenvalue weighted by Gasteiger charge is -2.16. The van der Waals surface area contributed by atoms with Gasteiger partial charge in [0.2, 0.25) is 11.8 Å². The summed E-state index contributed by atoms with van der Waals surface area (Å²) in [4.78, 5) is 13.6. The van der Waals surface area contributed by atoms with Gasteiger partial charge in [-0.05, 0) is 31.5 Å². The van der Waals surface area contributed by atoms with Gasteiger partial charge in [0.1, 0.15) is 5.75 Å². The summed E-state index contributed by atoms with van der Waals surface area (Å²) < 4.78 is 7.45. The van der Waals surface area contributed by atoms with Crippen LogP contribution in [0, 0.1) is 6.92 Å². The highest BCUT2D eigenvalue weighted by molar-refractivity contribution is 5.95. The molecule has 116 valence electrons. The molecule has 7 nitrogen and oxygen atoms in total. The van der Waals surface area contributed by atoms with Crippen molar-refractivity contribution >= 4 is 17.2 Å². The second kappa shape index (κ2) is 5.35. The van der Waals surface area contributed by atoms with Crippen molar-refractivity contribution in [3.05, 3.63) is 42.2 Å². The van der Waals surface area contributed by atoms with E-state index >= 15 is 0 Å². The van der Waals surface area contributed by atoms with Crippen LogP contribution < -0.4 is 9.64 Å². The van der Waals surface area contributed by atoms with Crippen LogP contribution in [0.4, 0.5) is 5.69 Å². The molecule has 0 radical (unpaired) electrons. The van der Waals surface area contributed by atoms with E-state index in [-0.39, 0.29) is 5.91 Å². The van der Waals surface area contributed by atoms with Gasteiger partial charge in [0, 0.05) is 30.8 Å². The van der Waals surface area contributed by atoms with Gasteiger partial charge in [-0.15, -0.1) is 15.3 Å². The normalized spacial score (nSPS) is 14.7. The molecule has 0 unspecified atom stereocenters. The summed E-state index contributed by atoms with van der Waals surface area (Å²) in [5, 5.41) is 12.3. The minimum absolute atomic E-state index is 0.154. The maximum absolute atomic E-state index is 11.9. The molecule has 4 rings (SSSR count). The van der Waals surface area contributed by atoms with Crippen molar-refractivity contribution in [1.29, 1.82) is 0 Å². The average molecular weight is 309 g/mol. The van der Waals surface area contributed by atoms with Crippen molar-refractivity contribution in [2.75, 3.05) is 11.4 Å². The number of benzene rings is 1. The Bertz CT molecular complexity index is 889. The van der Waals surface area contributed by atoms with E-state index < -0.39 is 0 Å². The number of hydrogen-bond acceptors (Lipinski definition) is 5. The molecule has 3 aromatic rings. The fraction of sp³-hybridized carbons (Fsp3) is 0.250. The highest BCUT2D eigenvalue weighted by atomic mass is 16.5. The van der Waals surface area contributed by atoms with Gasteiger partial charge in [0.25, 0.3) is 0 Å². The number of hydrogen-bond donors (Lipinski definition) is 0. The molecule has 1 aliphatic rings. The van der Waals surface area contributed by atoms with Crippen molar-refractivity contribution in [2.24, 2.45) is 0 Å². The fourth-order valence-electron chi connectivity index (χ4n) is 2.69. The molecule has 0 atom stereocenters. The predicted octanol–water partition coefficient (Wildman–Crippen LogP) is 2.35. The van der Waals surface area contributed by atoms with Gasteiger partial charge < -0.3 is 9.64 Å². The maximum Gasteiger partial charge on any atom is 0.237 e. The molecule has 0 N–H and O–H groups in total. The van der Waals surface area contributed by atoms with E-state index in [1.54, 1.807) is 21.5 Å². The first-order valence-electron chi connectivity index (χ1n) is 7.48. The Morgan fingerprint density at radius 3 is 2.91 bits per heavy atom. The monoisotopic (exact) mass is 309 g/mol. The smallest absolute Gasteiger partial charge is 0.237 e. The number of anilines is 1. The number of aryl methyl sites for hydroxylation is 1. The summed E-state index contributed by atoms with van der Waals surface area (Å²) in [6.07, 6.45) is 1.51. The molecule has 1 aromatic carbocycles. The Morgan fingerprint density at radius 2 is 2.09 bits per heavy atom. The molecule has 1 fully saturated rings. The lowest BCUT2D eigenvalue weighted by Crippen LogP contribution is -2.23. The molecule has 0 bridgehead atoms. The highest BCUT2D eigenvalue weighted by Gasteiger charge is 2.21. The van der Waals surface area contributed by atoms with E-state index in [1.807, 2.05) is 31.2 Å². The number of aromatic nitrogens is 4. The van der Waals surface area contributed by atoms with Crippen LogP contribution in [0.15, 0.2) is 36.4 Å². The number of fused-ring (bicyclic) bond motifs is 1. The van der Waals surface area contributed by atoms with Crippen LogP contribution in [0.1, 0.15) is 18.7 Å². The largest absolute Gasteiger partial charge is 0.438 e. The van der Waals surface area contributed by atoms with Gasteiger partial charge in [-0.1, -0.05) is 6.07 Å². The Balaban J connectivity index is 1.62. The number of amides is 1. The third-order valence-corrected chi connectivity index (χ3v) is 3.82. The second-order valence-corrected chi connectivity index (χ2v) is 5.44. The fourth-order valence-corrected chi connectivity index (χ4v) is 2.69. The van der Waals surface area contributed by atoms with E-state index in [0.29, 0.717) is 29.5 Å². The molecule has 0 spiro atoms. The van der Waals surface area contributed by atoms with E-state index in [1.165, 1.54) is 0 Å². The molecule has 1 aliphatic heterocycles. The van der Waals surface area contributed by atoms with Crippen LogP contribution in [0.25, 0.3) is 5.65 Å². The van der Waals surface area contributed by atoms with Crippen LogP contribution in [0.5, 0.6) is 11.6 Å². The quantitative estimate of drug-likeness (QED) is 0.742. The van der Waals surface area contributed by atoms with E-state index in [4.69, 9.17) is 4.74 Å². The van der Waals surface area contributed by atoms with Gasteiger partial charge in [0.15, 0.2) is 11.5 Å². The lowest BCUT2D eigenvalue weighted by molar-refractivity contribution is -0.117. The first-order chi connectivity index (χ1) is 11.2. The van der Waals surface area contributed by atoms with E-state index in [9.17, 15) is 4.79 Å². The van der Waals surface area contributed by atoms with Crippen molar-refractivity contribution in [3.63, 3.8) is 0 Å². The van der Waals surface area contributed by atoms with E-state index in [0.717, 1.165) is 18.7 Å². The Morgan fingerprint density at radius 1 is 1.17 bits per heavy atom. The number of carbonyl (C=O) groups is 1. The van der Waals surface area contributed by atoms with E-state index in [2.05, 4.69) is 15.3 Å². The molecular weight excluding hydrogens is 294 g/mol. The minimum atomic E-state index is 0.154. The van der Waals surface area contributed by atoms with Crippen molar-refractivity contribution in [3.8, 4) is 11.6 Å². The molecule has 7 heteroatoms. The van der Waals surface area contributed by atoms with Crippen LogP contribution in [0.2, 0.25) is 0 Å². The van der Waals surface area contributed by atoms with Gasteiger partial charge >= 0.3 is 0 Å². The molecule has 0 aliphatic carbocycles. The number of carbonyl (C=O) groups excluding carboxylic acids is 1. The third kappa shape index (κ3) is 2.50. The Kier molecular flexibility index (Phi) is 3.18. The lowest BCUT2D eigenvalue weighted by atomic mass is 10.3. The molecular formula is C16H15N5O2. The predicted molar refractivity (Wildman–Crippen MR) is 83.6 cm³/mol. The molecule has 0 saturated carbocycles. The van der Waals surface area contributed by atoms with Crippen molar-refractivity contribution in [2.45, 2.75) is 19.8 Å². The summed E-state index contributed by atoms with van der Waals surface area (Å²) in [5.74, 6) is 1.94. The standard InChI is InChI=1S/C16H15N5O2/c1-11-17-18-14-7-8-15(19-21(11)14)23-13-5-2-4-12(10-13)20-9-3-6-16(20)22/h2,4-5,7-8,10H,3,6,9H2,1H3. The van der Waals surface area contributed by atoms with Crippen LogP contribution >= 0.6 is 0 Å². The van der Waals surface area contributed by atoms with Gasteiger partial charge in [-0.3, -0.25) is 4.79 Å². The number of ether oxygens (including phenoxy) is 1. The number of rotatable bonds is 3. The van der Waals surface area contributed by atoms with Gasteiger partial charge in [-0.2, -0.15) is 4.52 Å². The van der Waals surface area contributed by atoms with Crippen molar-refractivity contribution < 1.29 is 9.53 Å². The zero-order valence-electron chi connectivity index (χ0n) is 12.6. The zero-order valence-corrected chi connectivity index (χ0v) is 12.6. The topological polar surface area (TPSA) is 72.6 Å². The SMILES string of the molecule is Cc1nnc2ccc(Oc3cccc(N4CCCC4=O)c3)nn12. The summed E-state index contributed by atoms with van der Waals surface area (Å²) in [6.45, 7) is 2.59. The molecule has 23 heavy (non-hydrogen) atoms. The van der Waals surface area contributed by atoms with Gasteiger partial charge in [0.05, 0.1) is 0 Å². The zero-order chi connectivity index (χ0) is 15.8.